The van der Waals surface area contributed by atoms with Crippen LogP contribution in [0.1, 0.15) is 89.4 Å². The van der Waals surface area contributed by atoms with Crippen LogP contribution in [0.3, 0.4) is 0 Å². The number of likely N-dealkylation sites (N-methyl/N-ethyl adjacent to an activating group) is 1. The molecule has 0 fully saturated rings. The number of benzene rings is 3. The monoisotopic (exact) mass is 801 g/mol. The summed E-state index contributed by atoms with van der Waals surface area (Å²) in [6.07, 6.45) is 11.7. The molecule has 1 heterocycles. The second-order valence-corrected chi connectivity index (χ2v) is 16.1. The predicted molar refractivity (Wildman–Crippen MR) is 231 cm³/mol. The van der Waals surface area contributed by atoms with E-state index in [1.54, 1.807) is 41.8 Å². The van der Waals surface area contributed by atoms with Crippen molar-refractivity contribution in [3.8, 4) is 5.75 Å². The van der Waals surface area contributed by atoms with E-state index in [1.807, 2.05) is 50.2 Å². The molecular formula is C43H59N7O6S. The minimum absolute atomic E-state index is 0.0126. The second kappa shape index (κ2) is 22.6. The number of aromatic nitrogens is 2. The predicted octanol–water partition coefficient (Wildman–Crippen LogP) is 6.89. The molecule has 13 nitrogen and oxygen atoms in total. The first-order chi connectivity index (χ1) is 27.4. The van der Waals surface area contributed by atoms with Gasteiger partial charge in [0.2, 0.25) is 15.9 Å². The lowest BCUT2D eigenvalue weighted by Gasteiger charge is -2.24. The third-order valence-corrected chi connectivity index (χ3v) is 10.5. The van der Waals surface area contributed by atoms with Crippen LogP contribution in [0.4, 0.5) is 17.1 Å². The molecule has 1 aromatic heterocycles. The summed E-state index contributed by atoms with van der Waals surface area (Å²) < 4.78 is 32.9. The quantitative estimate of drug-likeness (QED) is 0.0510. The van der Waals surface area contributed by atoms with Crippen molar-refractivity contribution >= 4 is 55.5 Å². The number of anilines is 2. The van der Waals surface area contributed by atoms with Crippen LogP contribution in [0.25, 0.3) is 10.9 Å². The molecule has 0 radical (unpaired) electrons. The normalized spacial score (nSPS) is 11.8. The molecule has 0 atom stereocenters. The first-order valence-electron chi connectivity index (χ1n) is 20.0. The summed E-state index contributed by atoms with van der Waals surface area (Å²) in [5, 5.41) is 6.27. The van der Waals surface area contributed by atoms with Crippen LogP contribution in [-0.4, -0.2) is 75.0 Å². The van der Waals surface area contributed by atoms with Gasteiger partial charge in [0.25, 0.3) is 11.5 Å². The Balaban J connectivity index is 1.60. The number of para-hydroxylation sites is 3. The molecule has 2 amide bonds. The van der Waals surface area contributed by atoms with Crippen LogP contribution in [0.2, 0.25) is 0 Å². The number of carbonyl (C=O) groups excluding carboxylic acids is 2. The van der Waals surface area contributed by atoms with Gasteiger partial charge in [-0.25, -0.2) is 23.1 Å². The van der Waals surface area contributed by atoms with Gasteiger partial charge in [-0.3, -0.25) is 19.0 Å². The van der Waals surface area contributed by atoms with Crippen LogP contribution < -0.4 is 30.6 Å². The molecule has 0 aliphatic heterocycles. The second-order valence-electron chi connectivity index (χ2n) is 14.3. The number of hydrogen-bond acceptors (Lipinski definition) is 9. The Morgan fingerprint density at radius 1 is 0.877 bits per heavy atom. The summed E-state index contributed by atoms with van der Waals surface area (Å²) in [6, 6.07) is 19.9. The topological polar surface area (TPSA) is 164 Å². The Kier molecular flexibility index (Phi) is 17.7. The fraction of sp³-hybridized carbons (Fsp3) is 0.465. The molecule has 0 aliphatic rings. The number of hydrogen-bond donors (Lipinski definition) is 3. The van der Waals surface area contributed by atoms with Crippen molar-refractivity contribution in [3.63, 3.8) is 0 Å². The lowest BCUT2D eigenvalue weighted by atomic mass is 10.1. The number of amides is 2. The number of carbonyl (C=O) groups is 2. The standard InChI is InChI=1S/C43H59N7O6S/c1-6-49(30-28-45-57(5,54)55)34-25-26-36(32(2)31-34)46-40(42(52)48-38-23-17-18-24-39(38)56-4)41-47-37-22-16-15-21-35(37)43(53)50(41)29-20-14-12-10-8-7-9-11-13-19-27-44-33(3)51/h15-18,21-26,31,45H,6-14,19-20,27-30H2,1-5H3,(H,44,51)(H,48,52). The Bertz CT molecular complexity index is 2150. The van der Waals surface area contributed by atoms with Crippen molar-refractivity contribution in [1.29, 1.82) is 0 Å². The number of nitrogens with zero attached hydrogens (tertiary/aromatic N) is 4. The van der Waals surface area contributed by atoms with Crippen LogP contribution in [-0.2, 0) is 26.2 Å². The highest BCUT2D eigenvalue weighted by Gasteiger charge is 2.24. The fourth-order valence-corrected chi connectivity index (χ4v) is 7.14. The minimum Gasteiger partial charge on any atom is -0.495 e. The first-order valence-corrected chi connectivity index (χ1v) is 21.9. The summed E-state index contributed by atoms with van der Waals surface area (Å²) in [6.45, 7) is 7.92. The average molecular weight is 802 g/mol. The van der Waals surface area contributed by atoms with Gasteiger partial charge in [-0.1, -0.05) is 75.6 Å². The minimum atomic E-state index is -3.32. The van der Waals surface area contributed by atoms with E-state index in [9.17, 15) is 22.8 Å². The Morgan fingerprint density at radius 2 is 1.53 bits per heavy atom. The molecule has 0 aliphatic carbocycles. The van der Waals surface area contributed by atoms with E-state index in [-0.39, 0.29) is 29.5 Å². The highest BCUT2D eigenvalue weighted by Crippen LogP contribution is 2.27. The molecular weight excluding hydrogens is 743 g/mol. The van der Waals surface area contributed by atoms with Crippen molar-refractivity contribution < 1.29 is 22.7 Å². The van der Waals surface area contributed by atoms with E-state index in [1.165, 1.54) is 26.4 Å². The van der Waals surface area contributed by atoms with Gasteiger partial charge >= 0.3 is 0 Å². The molecule has 0 spiro atoms. The summed E-state index contributed by atoms with van der Waals surface area (Å²) in [5.74, 6) is 0.126. The van der Waals surface area contributed by atoms with Crippen LogP contribution in [0.15, 0.2) is 76.5 Å². The van der Waals surface area contributed by atoms with Gasteiger partial charge in [0, 0.05) is 45.3 Å². The van der Waals surface area contributed by atoms with Gasteiger partial charge in [0.15, 0.2) is 11.5 Å². The zero-order valence-corrected chi connectivity index (χ0v) is 34.9. The largest absolute Gasteiger partial charge is 0.495 e. The third kappa shape index (κ3) is 14.1. The van der Waals surface area contributed by atoms with Crippen LogP contribution in [0, 0.1) is 6.92 Å². The van der Waals surface area contributed by atoms with Gasteiger partial charge in [0.05, 0.1) is 35.6 Å². The highest BCUT2D eigenvalue weighted by atomic mass is 32.2. The molecule has 4 aromatic rings. The van der Waals surface area contributed by atoms with E-state index in [0.29, 0.717) is 47.7 Å². The number of unbranched alkanes of at least 4 members (excludes halogenated alkanes) is 9. The molecule has 0 bridgehead atoms. The molecule has 3 aromatic carbocycles. The number of sulfonamides is 1. The number of aliphatic imine (C=N–C) groups is 1. The van der Waals surface area contributed by atoms with Gasteiger partial charge in [-0.2, -0.15) is 0 Å². The molecule has 308 valence electrons. The summed E-state index contributed by atoms with van der Waals surface area (Å²) >= 11 is 0. The van der Waals surface area contributed by atoms with Gasteiger partial charge in [-0.05, 0) is 74.7 Å². The van der Waals surface area contributed by atoms with Crippen LogP contribution >= 0.6 is 0 Å². The number of nitrogens with one attached hydrogen (secondary N) is 3. The van der Waals surface area contributed by atoms with Gasteiger partial charge < -0.3 is 20.3 Å². The number of rotatable bonds is 24. The summed E-state index contributed by atoms with van der Waals surface area (Å²) in [4.78, 5) is 51.5. The number of aryl methyl sites for hydroxylation is 1. The van der Waals surface area contributed by atoms with E-state index < -0.39 is 15.9 Å². The van der Waals surface area contributed by atoms with Gasteiger partial charge in [0.1, 0.15) is 5.75 Å². The lowest BCUT2D eigenvalue weighted by Crippen LogP contribution is -2.34. The number of fused-ring (bicyclic) bond motifs is 1. The highest BCUT2D eigenvalue weighted by molar-refractivity contribution is 7.88. The van der Waals surface area contributed by atoms with Crippen molar-refractivity contribution in [2.45, 2.75) is 91.5 Å². The third-order valence-electron chi connectivity index (χ3n) is 9.73. The van der Waals surface area contributed by atoms with E-state index in [0.717, 1.165) is 69.0 Å². The van der Waals surface area contributed by atoms with Gasteiger partial charge in [-0.15, -0.1) is 0 Å². The molecule has 0 unspecified atom stereocenters. The maximum absolute atomic E-state index is 14.4. The van der Waals surface area contributed by atoms with Crippen molar-refractivity contribution in [2.75, 3.05) is 49.8 Å². The van der Waals surface area contributed by atoms with E-state index in [4.69, 9.17) is 14.7 Å². The lowest BCUT2D eigenvalue weighted by molar-refractivity contribution is -0.119. The summed E-state index contributed by atoms with van der Waals surface area (Å²) in [7, 11) is -1.79. The maximum Gasteiger partial charge on any atom is 0.278 e. The molecule has 3 N–H and O–H groups in total. The molecule has 57 heavy (non-hydrogen) atoms. The Morgan fingerprint density at radius 3 is 2.18 bits per heavy atom. The molecule has 14 heteroatoms. The maximum atomic E-state index is 14.4. The average Bonchev–Trinajstić information content (AvgIpc) is 3.18. The smallest absolute Gasteiger partial charge is 0.278 e. The molecule has 0 saturated heterocycles. The van der Waals surface area contributed by atoms with Crippen molar-refractivity contribution in [2.24, 2.45) is 4.99 Å². The zero-order chi connectivity index (χ0) is 41.2. The number of ether oxygens (including phenoxy) is 1. The Labute approximate surface area is 337 Å². The van der Waals surface area contributed by atoms with E-state index >= 15 is 0 Å². The molecule has 4 rings (SSSR count). The SMILES string of the molecule is CCN(CCNS(C)(=O)=O)c1ccc(N=C(C(=O)Nc2ccccc2OC)c2nc3ccccc3c(=O)n2CCCCCCCCCCCCNC(C)=O)c(C)c1. The van der Waals surface area contributed by atoms with Crippen molar-refractivity contribution in [1.82, 2.24) is 19.6 Å². The fourth-order valence-electron chi connectivity index (χ4n) is 6.68. The van der Waals surface area contributed by atoms with Crippen LogP contribution in [0.5, 0.6) is 5.75 Å². The zero-order valence-electron chi connectivity index (χ0n) is 34.1. The van der Waals surface area contributed by atoms with E-state index in [2.05, 4.69) is 20.3 Å². The first kappa shape index (κ1) is 44.6. The number of methoxy groups -OCH3 is 1. The summed E-state index contributed by atoms with van der Waals surface area (Å²) in [5.41, 5.74) is 2.85. The van der Waals surface area contributed by atoms with Crippen molar-refractivity contribution in [3.05, 3.63) is 88.5 Å². The Hall–Kier alpha value is -5.08. The molecule has 0 saturated carbocycles.